The first-order valence-corrected chi connectivity index (χ1v) is 19.5. The molecule has 0 unspecified atom stereocenters. The minimum Gasteiger partial charge on any atom is -0.455 e. The Morgan fingerprint density at radius 3 is 1.62 bits per heavy atom. The third kappa shape index (κ3) is 5.82. The van der Waals surface area contributed by atoms with Crippen molar-refractivity contribution in [3.05, 3.63) is 230 Å². The van der Waals surface area contributed by atoms with Gasteiger partial charge in [-0.1, -0.05) is 170 Å². The van der Waals surface area contributed by atoms with Crippen molar-refractivity contribution in [1.82, 2.24) is 4.57 Å². The van der Waals surface area contributed by atoms with Crippen LogP contribution in [-0.4, -0.2) is 4.57 Å². The maximum absolute atomic E-state index is 9.96. The summed E-state index contributed by atoms with van der Waals surface area (Å²) in [6, 6.07) is 25.8. The van der Waals surface area contributed by atoms with E-state index in [9.17, 15) is 13.7 Å². The van der Waals surface area contributed by atoms with E-state index in [1.54, 1.807) is 30.3 Å². The number of anilines is 3. The highest BCUT2D eigenvalue weighted by Crippen LogP contribution is 2.45. The first-order valence-electron chi connectivity index (χ1n) is 28.0. The SMILES string of the molecule is [2H]c1c([2H])c([2H])c(-c2c([2H])c([2H])c(-c3c([2H])c([2H])c(N(c4c([2H])c([2H])c(-c5ccccc5-n5c6ccccc6c6ccccc65)c([2H])c4[2H])c4cccc5oc6c7ccccc7ccc6c45)c([2H])c3[2H])c([2H])c2[2H])c([2H])c1[2H]. The van der Waals surface area contributed by atoms with Crippen LogP contribution in [0.3, 0.4) is 0 Å². The van der Waals surface area contributed by atoms with Gasteiger partial charge in [-0.25, -0.2) is 0 Å². The number of benzene rings is 10. The summed E-state index contributed by atoms with van der Waals surface area (Å²) in [4.78, 5) is 1.15. The van der Waals surface area contributed by atoms with Crippen LogP contribution >= 0.6 is 0 Å². The molecule has 12 rings (SSSR count). The van der Waals surface area contributed by atoms with Gasteiger partial charge in [-0.05, 0) is 93.8 Å². The second-order valence-electron chi connectivity index (χ2n) is 14.3. The van der Waals surface area contributed by atoms with Gasteiger partial charge in [0, 0.05) is 38.5 Å². The van der Waals surface area contributed by atoms with Gasteiger partial charge in [0.05, 0.1) is 51.1 Å². The molecule has 2 aromatic heterocycles. The van der Waals surface area contributed by atoms with E-state index in [4.69, 9.17) is 14.0 Å². The van der Waals surface area contributed by atoms with Crippen molar-refractivity contribution >= 4 is 71.6 Å². The zero-order valence-corrected chi connectivity index (χ0v) is 31.9. The Kier molecular flexibility index (Phi) is 5.10. The maximum Gasteiger partial charge on any atom is 0.143 e. The molecule has 0 amide bonds. The van der Waals surface area contributed by atoms with Crippen LogP contribution in [0.15, 0.2) is 235 Å². The van der Waals surface area contributed by atoms with Gasteiger partial charge in [0.15, 0.2) is 0 Å². The van der Waals surface area contributed by atoms with Crippen LogP contribution in [0, 0.1) is 0 Å². The van der Waals surface area contributed by atoms with Gasteiger partial charge in [0.1, 0.15) is 11.2 Å². The molecule has 2 heterocycles. The van der Waals surface area contributed by atoms with Gasteiger partial charge >= 0.3 is 0 Å². The zero-order valence-electron chi connectivity index (χ0n) is 48.9. The van der Waals surface area contributed by atoms with E-state index in [-0.39, 0.29) is 11.3 Å². The Balaban J connectivity index is 1.14. The Labute approximate surface area is 377 Å². The predicted octanol–water partition coefficient (Wildman–Crippen LogP) is 16.3. The van der Waals surface area contributed by atoms with Crippen LogP contribution in [0.4, 0.5) is 17.1 Å². The Hall–Kier alpha value is -8.14. The topological polar surface area (TPSA) is 21.3 Å². The van der Waals surface area contributed by atoms with E-state index < -0.39 is 136 Å². The maximum atomic E-state index is 9.96. The lowest BCUT2D eigenvalue weighted by Gasteiger charge is -2.27. The Bertz CT molecular complexity index is 4450. The first-order chi connectivity index (χ1) is 37.4. The van der Waals surface area contributed by atoms with Gasteiger partial charge in [0.25, 0.3) is 0 Å². The minimum absolute atomic E-state index is 0.0603. The molecule has 0 aliphatic carbocycles. The molecular formula is C58H38N2O. The van der Waals surface area contributed by atoms with Crippen LogP contribution < -0.4 is 4.90 Å². The smallest absolute Gasteiger partial charge is 0.143 e. The number of furan rings is 1. The Morgan fingerprint density at radius 2 is 0.951 bits per heavy atom. The van der Waals surface area contributed by atoms with Crippen molar-refractivity contribution in [3.8, 4) is 39.1 Å². The molecule has 0 aliphatic rings. The third-order valence-corrected chi connectivity index (χ3v) is 10.9. The van der Waals surface area contributed by atoms with Crippen molar-refractivity contribution in [2.24, 2.45) is 0 Å². The summed E-state index contributed by atoms with van der Waals surface area (Å²) in [7, 11) is 0. The standard InChI is InChI=1S/C58H38N2O/c1-2-13-39(14-3-1)40-25-27-41(28-26-40)42-29-34-45(35-30-42)59(55-23-12-24-56-57(55)51-38-33-43-15-4-5-17-48(43)58(51)61-56)46-36-31-44(32-37-46)47-16-6-9-20-52(47)60-53-21-10-7-18-49(53)50-19-8-11-22-54(50)60/h1-38H/i1D,2D,3D,13D,14D,25D,26D,27D,28D,29D,30D,31D,32D,34D,35D,36D,37D. The highest BCUT2D eigenvalue weighted by atomic mass is 16.3. The molecule has 3 heteroatoms. The molecule has 286 valence electrons. The molecule has 0 radical (unpaired) electrons. The fourth-order valence-electron chi connectivity index (χ4n) is 8.17. The van der Waals surface area contributed by atoms with Crippen LogP contribution in [0.2, 0.25) is 0 Å². The lowest BCUT2D eigenvalue weighted by atomic mass is 9.99. The van der Waals surface area contributed by atoms with Crippen LogP contribution in [0.1, 0.15) is 23.3 Å². The fourth-order valence-corrected chi connectivity index (χ4v) is 8.17. The quantitative estimate of drug-likeness (QED) is 0.160. The molecule has 0 saturated heterocycles. The van der Waals surface area contributed by atoms with Gasteiger partial charge in [0.2, 0.25) is 0 Å². The molecule has 0 bridgehead atoms. The zero-order chi connectivity index (χ0) is 55.1. The van der Waals surface area contributed by atoms with E-state index in [2.05, 4.69) is 0 Å². The summed E-state index contributed by atoms with van der Waals surface area (Å²) in [5, 5.41) is 4.40. The van der Waals surface area contributed by atoms with E-state index in [0.717, 1.165) is 37.5 Å². The van der Waals surface area contributed by atoms with Gasteiger partial charge in [-0.3, -0.25) is 0 Å². The van der Waals surface area contributed by atoms with Crippen LogP contribution in [0.25, 0.3) is 93.6 Å². The number of aromatic nitrogens is 1. The largest absolute Gasteiger partial charge is 0.455 e. The van der Waals surface area contributed by atoms with E-state index in [1.165, 1.54) is 0 Å². The average Bonchev–Trinajstić information content (AvgIpc) is 4.13. The molecule has 0 saturated carbocycles. The number of hydrogen-bond donors (Lipinski definition) is 0. The highest BCUT2D eigenvalue weighted by Gasteiger charge is 2.21. The highest BCUT2D eigenvalue weighted by molar-refractivity contribution is 6.19. The van der Waals surface area contributed by atoms with Crippen molar-refractivity contribution < 1.29 is 27.7 Å². The molecule has 61 heavy (non-hydrogen) atoms. The van der Waals surface area contributed by atoms with Crippen molar-refractivity contribution in [3.63, 3.8) is 0 Å². The Morgan fingerprint density at radius 1 is 0.410 bits per heavy atom. The molecule has 0 N–H and O–H groups in total. The molecule has 0 atom stereocenters. The monoisotopic (exact) mass is 795 g/mol. The third-order valence-electron chi connectivity index (χ3n) is 10.9. The predicted molar refractivity (Wildman–Crippen MR) is 257 cm³/mol. The lowest BCUT2D eigenvalue weighted by molar-refractivity contribution is 0.672. The second kappa shape index (κ2) is 14.3. The molecule has 10 aromatic carbocycles. The number of rotatable bonds is 7. The summed E-state index contributed by atoms with van der Waals surface area (Å²) in [6.45, 7) is 0. The molecule has 0 aliphatic heterocycles. The van der Waals surface area contributed by atoms with Gasteiger partial charge < -0.3 is 13.9 Å². The van der Waals surface area contributed by atoms with E-state index >= 15 is 0 Å². The fraction of sp³-hybridized carbons (Fsp3) is 0. The molecule has 0 fully saturated rings. The van der Waals surface area contributed by atoms with E-state index in [1.807, 2.05) is 102 Å². The van der Waals surface area contributed by atoms with Crippen LogP contribution in [-0.2, 0) is 0 Å². The summed E-state index contributed by atoms with van der Waals surface area (Å²) in [5.74, 6) is 0. The summed E-state index contributed by atoms with van der Waals surface area (Å²) < 4.78 is 165. The lowest BCUT2D eigenvalue weighted by Crippen LogP contribution is -2.10. The molecule has 12 aromatic rings. The number of hydrogen-bond acceptors (Lipinski definition) is 2. The van der Waals surface area contributed by atoms with Crippen molar-refractivity contribution in [2.75, 3.05) is 4.90 Å². The summed E-state index contributed by atoms with van der Waals surface area (Å²) in [6.07, 6.45) is 0. The second-order valence-corrected chi connectivity index (χ2v) is 14.3. The summed E-state index contributed by atoms with van der Waals surface area (Å²) in [5.41, 5.74) is -0.230. The van der Waals surface area contributed by atoms with Crippen molar-refractivity contribution in [2.45, 2.75) is 0 Å². The summed E-state index contributed by atoms with van der Waals surface area (Å²) >= 11 is 0. The van der Waals surface area contributed by atoms with Crippen LogP contribution in [0.5, 0.6) is 0 Å². The molecule has 0 spiro atoms. The minimum atomic E-state index is -0.888. The van der Waals surface area contributed by atoms with E-state index in [0.29, 0.717) is 33.2 Å². The van der Waals surface area contributed by atoms with Gasteiger partial charge in [-0.2, -0.15) is 0 Å². The first kappa shape index (κ1) is 21.7. The number of fused-ring (bicyclic) bond motifs is 8. The molecular weight excluding hydrogens is 741 g/mol. The number of para-hydroxylation sites is 3. The normalized spacial score (nSPS) is 15.5. The van der Waals surface area contributed by atoms with Crippen molar-refractivity contribution in [1.29, 1.82) is 0 Å². The number of nitrogens with zero attached hydrogens (tertiary/aromatic N) is 2. The van der Waals surface area contributed by atoms with Gasteiger partial charge in [-0.15, -0.1) is 0 Å². The molecule has 3 nitrogen and oxygen atoms in total. The average molecular weight is 796 g/mol.